The molecule has 0 saturated heterocycles. The Hall–Kier alpha value is -2.14. The summed E-state index contributed by atoms with van der Waals surface area (Å²) in [7, 11) is 0. The SMILES string of the molecule is O=C(CC=Nc1ccc2c(c1)OCO2)c1cccs1. The van der Waals surface area contributed by atoms with Crippen molar-refractivity contribution in [2.45, 2.75) is 6.42 Å². The van der Waals surface area contributed by atoms with Gasteiger partial charge in [0.25, 0.3) is 0 Å². The van der Waals surface area contributed by atoms with Gasteiger partial charge in [-0.15, -0.1) is 11.3 Å². The molecule has 3 rings (SSSR count). The predicted octanol–water partition coefficient (Wildman–Crippen LogP) is 3.45. The molecule has 0 radical (unpaired) electrons. The quantitative estimate of drug-likeness (QED) is 0.633. The molecule has 2 heterocycles. The van der Waals surface area contributed by atoms with Crippen molar-refractivity contribution in [3.8, 4) is 11.5 Å². The van der Waals surface area contributed by atoms with Crippen LogP contribution in [-0.4, -0.2) is 18.8 Å². The van der Waals surface area contributed by atoms with Crippen molar-refractivity contribution in [2.24, 2.45) is 4.99 Å². The third kappa shape index (κ3) is 2.66. The maximum atomic E-state index is 11.8. The molecule has 0 atom stereocenters. The molecule has 1 aliphatic rings. The molecular formula is C14H11NO3S. The van der Waals surface area contributed by atoms with Crippen molar-refractivity contribution in [2.75, 3.05) is 6.79 Å². The van der Waals surface area contributed by atoms with Gasteiger partial charge in [-0.1, -0.05) is 6.07 Å². The van der Waals surface area contributed by atoms with Gasteiger partial charge in [0.05, 0.1) is 10.6 Å². The number of ketones is 1. The van der Waals surface area contributed by atoms with Crippen LogP contribution in [0, 0.1) is 0 Å². The highest BCUT2D eigenvalue weighted by atomic mass is 32.1. The standard InChI is InChI=1S/C14H11NO3S/c16-11(14-2-1-7-19-14)5-6-15-10-3-4-12-13(8-10)18-9-17-12/h1-4,6-8H,5,9H2. The molecule has 0 fully saturated rings. The largest absolute Gasteiger partial charge is 0.454 e. The second-order valence-corrected chi connectivity index (χ2v) is 4.90. The molecular weight excluding hydrogens is 262 g/mol. The number of aliphatic imine (C=N–C) groups is 1. The normalized spacial score (nSPS) is 13.1. The van der Waals surface area contributed by atoms with E-state index >= 15 is 0 Å². The van der Waals surface area contributed by atoms with Gasteiger partial charge in [0.2, 0.25) is 6.79 Å². The van der Waals surface area contributed by atoms with Crippen LogP contribution >= 0.6 is 11.3 Å². The molecule has 0 amide bonds. The lowest BCUT2D eigenvalue weighted by atomic mass is 10.2. The van der Waals surface area contributed by atoms with Crippen LogP contribution in [0.4, 0.5) is 5.69 Å². The van der Waals surface area contributed by atoms with Gasteiger partial charge in [-0.3, -0.25) is 9.79 Å². The number of hydrogen-bond acceptors (Lipinski definition) is 5. The van der Waals surface area contributed by atoms with E-state index in [9.17, 15) is 4.79 Å². The second kappa shape index (κ2) is 5.24. The molecule has 0 spiro atoms. The molecule has 2 aromatic rings. The zero-order valence-electron chi connectivity index (χ0n) is 10.0. The van der Waals surface area contributed by atoms with E-state index in [1.54, 1.807) is 12.3 Å². The Labute approximate surface area is 114 Å². The van der Waals surface area contributed by atoms with Crippen LogP contribution in [-0.2, 0) is 0 Å². The van der Waals surface area contributed by atoms with Gasteiger partial charge >= 0.3 is 0 Å². The summed E-state index contributed by atoms with van der Waals surface area (Å²) in [6.45, 7) is 0.249. The molecule has 0 bridgehead atoms. The number of fused-ring (bicyclic) bond motifs is 1. The fourth-order valence-electron chi connectivity index (χ4n) is 1.74. The van der Waals surface area contributed by atoms with Crippen molar-refractivity contribution in [3.05, 3.63) is 40.6 Å². The third-order valence-corrected chi connectivity index (χ3v) is 3.58. The van der Waals surface area contributed by atoms with Gasteiger partial charge in [0.1, 0.15) is 0 Å². The zero-order chi connectivity index (χ0) is 13.1. The summed E-state index contributed by atoms with van der Waals surface area (Å²) in [5.41, 5.74) is 0.753. The molecule has 1 aliphatic heterocycles. The number of carbonyl (C=O) groups is 1. The average molecular weight is 273 g/mol. The van der Waals surface area contributed by atoms with Gasteiger partial charge in [-0.05, 0) is 23.6 Å². The first-order chi connectivity index (χ1) is 9.33. The number of hydrogen-bond donors (Lipinski definition) is 0. The topological polar surface area (TPSA) is 47.9 Å². The lowest BCUT2D eigenvalue weighted by Gasteiger charge is -1.97. The first-order valence-corrected chi connectivity index (χ1v) is 6.70. The zero-order valence-corrected chi connectivity index (χ0v) is 10.9. The van der Waals surface area contributed by atoms with Crippen molar-refractivity contribution in [3.63, 3.8) is 0 Å². The number of Topliss-reactive ketones (excluding diaryl/α,β-unsaturated/α-hetero) is 1. The smallest absolute Gasteiger partial charge is 0.231 e. The van der Waals surface area contributed by atoms with Crippen LogP contribution in [0.15, 0.2) is 40.7 Å². The minimum Gasteiger partial charge on any atom is -0.454 e. The fraction of sp³-hybridized carbons (Fsp3) is 0.143. The predicted molar refractivity (Wildman–Crippen MR) is 74.0 cm³/mol. The highest BCUT2D eigenvalue weighted by Crippen LogP contribution is 2.35. The number of nitrogens with zero attached hydrogens (tertiary/aromatic N) is 1. The van der Waals surface area contributed by atoms with Gasteiger partial charge in [-0.2, -0.15) is 0 Å². The first kappa shape index (κ1) is 11.9. The molecule has 0 unspecified atom stereocenters. The number of carbonyl (C=O) groups excluding carboxylic acids is 1. The van der Waals surface area contributed by atoms with E-state index in [0.29, 0.717) is 12.2 Å². The fourth-order valence-corrected chi connectivity index (χ4v) is 2.41. The van der Waals surface area contributed by atoms with Gasteiger partial charge in [0, 0.05) is 18.7 Å². The van der Waals surface area contributed by atoms with E-state index in [0.717, 1.165) is 16.3 Å². The van der Waals surface area contributed by atoms with Crippen LogP contribution in [0.2, 0.25) is 0 Å². The Morgan fingerprint density at radius 2 is 2.21 bits per heavy atom. The molecule has 1 aromatic carbocycles. The molecule has 0 saturated carbocycles. The van der Waals surface area contributed by atoms with Crippen molar-refractivity contribution in [1.82, 2.24) is 0 Å². The monoisotopic (exact) mass is 273 g/mol. The van der Waals surface area contributed by atoms with E-state index in [1.807, 2.05) is 29.6 Å². The summed E-state index contributed by atoms with van der Waals surface area (Å²) in [5.74, 6) is 1.51. The first-order valence-electron chi connectivity index (χ1n) is 5.82. The summed E-state index contributed by atoms with van der Waals surface area (Å²) >= 11 is 1.45. The van der Waals surface area contributed by atoms with E-state index in [-0.39, 0.29) is 12.6 Å². The number of ether oxygens (including phenoxy) is 2. The number of benzene rings is 1. The summed E-state index contributed by atoms with van der Waals surface area (Å²) in [6, 6.07) is 9.14. The molecule has 96 valence electrons. The molecule has 0 N–H and O–H groups in total. The van der Waals surface area contributed by atoms with Crippen molar-refractivity contribution in [1.29, 1.82) is 0 Å². The summed E-state index contributed by atoms with van der Waals surface area (Å²) in [5, 5.41) is 1.89. The third-order valence-electron chi connectivity index (χ3n) is 2.67. The van der Waals surface area contributed by atoms with Crippen LogP contribution in [0.3, 0.4) is 0 Å². The lowest BCUT2D eigenvalue weighted by molar-refractivity contribution is 0.101. The second-order valence-electron chi connectivity index (χ2n) is 3.95. The Balaban J connectivity index is 1.65. The van der Waals surface area contributed by atoms with Crippen LogP contribution in [0.1, 0.15) is 16.1 Å². The van der Waals surface area contributed by atoms with Gasteiger partial charge in [0.15, 0.2) is 17.3 Å². The molecule has 4 nitrogen and oxygen atoms in total. The maximum absolute atomic E-state index is 11.8. The van der Waals surface area contributed by atoms with Gasteiger partial charge < -0.3 is 9.47 Å². The van der Waals surface area contributed by atoms with Crippen molar-refractivity contribution < 1.29 is 14.3 Å². The molecule has 0 aliphatic carbocycles. The number of thiophene rings is 1. The van der Waals surface area contributed by atoms with E-state index < -0.39 is 0 Å². The lowest BCUT2D eigenvalue weighted by Crippen LogP contribution is -1.95. The van der Waals surface area contributed by atoms with Crippen molar-refractivity contribution >= 4 is 29.0 Å². The van der Waals surface area contributed by atoms with E-state index in [2.05, 4.69) is 4.99 Å². The minimum absolute atomic E-state index is 0.0829. The summed E-state index contributed by atoms with van der Waals surface area (Å²) in [4.78, 5) is 16.8. The number of rotatable bonds is 4. The maximum Gasteiger partial charge on any atom is 0.231 e. The Morgan fingerprint density at radius 3 is 3.05 bits per heavy atom. The van der Waals surface area contributed by atoms with Gasteiger partial charge in [-0.25, -0.2) is 0 Å². The van der Waals surface area contributed by atoms with Crippen LogP contribution < -0.4 is 9.47 Å². The van der Waals surface area contributed by atoms with E-state index in [1.165, 1.54) is 11.3 Å². The van der Waals surface area contributed by atoms with Crippen LogP contribution in [0.25, 0.3) is 0 Å². The molecule has 1 aromatic heterocycles. The summed E-state index contributed by atoms with van der Waals surface area (Å²) in [6.07, 6.45) is 1.93. The highest BCUT2D eigenvalue weighted by molar-refractivity contribution is 7.12. The average Bonchev–Trinajstić information content (AvgIpc) is 3.09. The minimum atomic E-state index is 0.0829. The van der Waals surface area contributed by atoms with Crippen LogP contribution in [0.5, 0.6) is 11.5 Å². The Bertz CT molecular complexity index is 620. The Morgan fingerprint density at radius 1 is 1.32 bits per heavy atom. The Kier molecular flexibility index (Phi) is 3.29. The molecule has 19 heavy (non-hydrogen) atoms. The highest BCUT2D eigenvalue weighted by Gasteiger charge is 2.12. The summed E-state index contributed by atoms with van der Waals surface area (Å²) < 4.78 is 10.5. The van der Waals surface area contributed by atoms with E-state index in [4.69, 9.17) is 9.47 Å². The molecule has 5 heteroatoms.